The van der Waals surface area contributed by atoms with Crippen LogP contribution in [0.25, 0.3) is 0 Å². The van der Waals surface area contributed by atoms with Crippen LogP contribution in [0.15, 0.2) is 30.5 Å². The lowest BCUT2D eigenvalue weighted by Gasteiger charge is -2.27. The molecule has 5 heteroatoms. The Hall–Kier alpha value is -1.75. The maximum Gasteiger partial charge on any atom is 0.135 e. The molecule has 1 atom stereocenters. The van der Waals surface area contributed by atoms with Crippen molar-refractivity contribution in [1.29, 1.82) is 0 Å². The average Bonchev–Trinajstić information content (AvgIpc) is 2.76. The van der Waals surface area contributed by atoms with Crippen molar-refractivity contribution in [3.05, 3.63) is 47.5 Å². The summed E-state index contributed by atoms with van der Waals surface area (Å²) < 4.78 is 15.2. The van der Waals surface area contributed by atoms with Gasteiger partial charge in [-0.2, -0.15) is 0 Å². The Kier molecular flexibility index (Phi) is 2.93. The van der Waals surface area contributed by atoms with E-state index in [4.69, 9.17) is 0 Å². The van der Waals surface area contributed by atoms with Crippen LogP contribution in [0.4, 0.5) is 4.39 Å². The van der Waals surface area contributed by atoms with E-state index in [9.17, 15) is 9.50 Å². The number of hydrogen-bond acceptors (Lipinski definition) is 3. The van der Waals surface area contributed by atoms with Gasteiger partial charge < -0.3 is 5.11 Å². The fourth-order valence-corrected chi connectivity index (χ4v) is 1.97. The van der Waals surface area contributed by atoms with Gasteiger partial charge in [0.1, 0.15) is 11.4 Å². The SMILES string of the molecule is CCC(O)(c1ccccc1F)c1cnnn1C. The highest BCUT2D eigenvalue weighted by Gasteiger charge is 2.35. The Bertz CT molecular complexity index is 526. The first-order valence-corrected chi connectivity index (χ1v) is 5.42. The molecule has 2 aromatic rings. The number of aromatic nitrogens is 3. The predicted molar refractivity (Wildman–Crippen MR) is 60.7 cm³/mol. The minimum Gasteiger partial charge on any atom is -0.379 e. The summed E-state index contributed by atoms with van der Waals surface area (Å²) in [4.78, 5) is 0. The summed E-state index contributed by atoms with van der Waals surface area (Å²) in [5.74, 6) is -0.432. The van der Waals surface area contributed by atoms with Crippen LogP contribution in [0.3, 0.4) is 0 Å². The first kappa shape index (κ1) is 11.7. The molecular weight excluding hydrogens is 221 g/mol. The lowest BCUT2D eigenvalue weighted by Crippen LogP contribution is -2.30. The van der Waals surface area contributed by atoms with Gasteiger partial charge in [-0.05, 0) is 12.5 Å². The molecule has 0 fully saturated rings. The summed E-state index contributed by atoms with van der Waals surface area (Å²) in [6.45, 7) is 1.79. The maximum absolute atomic E-state index is 13.8. The minimum absolute atomic E-state index is 0.243. The van der Waals surface area contributed by atoms with Gasteiger partial charge in [-0.15, -0.1) is 5.10 Å². The monoisotopic (exact) mass is 235 g/mol. The quantitative estimate of drug-likeness (QED) is 0.879. The molecule has 0 spiro atoms. The summed E-state index contributed by atoms with van der Waals surface area (Å²) in [6.07, 6.45) is 1.80. The largest absolute Gasteiger partial charge is 0.379 e. The molecule has 0 aliphatic rings. The highest BCUT2D eigenvalue weighted by molar-refractivity contribution is 5.32. The zero-order chi connectivity index (χ0) is 12.5. The Morgan fingerprint density at radius 2 is 2.12 bits per heavy atom. The lowest BCUT2D eigenvalue weighted by atomic mass is 9.88. The van der Waals surface area contributed by atoms with E-state index in [1.54, 1.807) is 32.2 Å². The van der Waals surface area contributed by atoms with Crippen molar-refractivity contribution in [3.63, 3.8) is 0 Å². The maximum atomic E-state index is 13.8. The molecule has 0 radical (unpaired) electrons. The summed E-state index contributed by atoms with van der Waals surface area (Å²) in [6, 6.07) is 6.20. The number of rotatable bonds is 3. The van der Waals surface area contributed by atoms with E-state index in [-0.39, 0.29) is 5.56 Å². The second-order valence-corrected chi connectivity index (χ2v) is 3.94. The van der Waals surface area contributed by atoms with Crippen LogP contribution in [0, 0.1) is 5.82 Å². The van der Waals surface area contributed by atoms with Gasteiger partial charge in [0.2, 0.25) is 0 Å². The molecule has 4 nitrogen and oxygen atoms in total. The number of aryl methyl sites for hydroxylation is 1. The van der Waals surface area contributed by atoms with E-state index in [1.165, 1.54) is 16.9 Å². The van der Waals surface area contributed by atoms with Gasteiger partial charge in [-0.1, -0.05) is 30.3 Å². The fraction of sp³-hybridized carbons (Fsp3) is 0.333. The molecule has 1 N–H and O–H groups in total. The van der Waals surface area contributed by atoms with Crippen molar-refractivity contribution < 1.29 is 9.50 Å². The molecule has 0 saturated carbocycles. The molecule has 17 heavy (non-hydrogen) atoms. The molecule has 90 valence electrons. The highest BCUT2D eigenvalue weighted by Crippen LogP contribution is 2.33. The Balaban J connectivity index is 2.60. The smallest absolute Gasteiger partial charge is 0.135 e. The molecule has 0 saturated heterocycles. The van der Waals surface area contributed by atoms with Gasteiger partial charge in [0, 0.05) is 12.6 Å². The second-order valence-electron chi connectivity index (χ2n) is 3.94. The van der Waals surface area contributed by atoms with Crippen molar-refractivity contribution in [2.75, 3.05) is 0 Å². The van der Waals surface area contributed by atoms with Crippen molar-refractivity contribution in [2.24, 2.45) is 7.05 Å². The van der Waals surface area contributed by atoms with Gasteiger partial charge in [-0.25, -0.2) is 9.07 Å². The molecule has 0 bridgehead atoms. The Morgan fingerprint density at radius 1 is 1.41 bits per heavy atom. The van der Waals surface area contributed by atoms with Crippen LogP contribution in [0.5, 0.6) is 0 Å². The summed E-state index contributed by atoms with van der Waals surface area (Å²) >= 11 is 0. The number of hydrogen-bond donors (Lipinski definition) is 1. The zero-order valence-electron chi connectivity index (χ0n) is 9.76. The van der Waals surface area contributed by atoms with Gasteiger partial charge in [0.25, 0.3) is 0 Å². The third-order valence-corrected chi connectivity index (χ3v) is 2.97. The molecule has 0 aliphatic heterocycles. The van der Waals surface area contributed by atoms with Gasteiger partial charge in [-0.3, -0.25) is 0 Å². The van der Waals surface area contributed by atoms with E-state index in [2.05, 4.69) is 10.3 Å². The molecule has 1 unspecified atom stereocenters. The third kappa shape index (κ3) is 1.82. The summed E-state index contributed by atoms with van der Waals surface area (Å²) in [7, 11) is 1.67. The molecule has 0 amide bonds. The second kappa shape index (κ2) is 4.25. The summed E-state index contributed by atoms with van der Waals surface area (Å²) in [5, 5.41) is 18.2. The number of nitrogens with zero attached hydrogens (tertiary/aromatic N) is 3. The fourth-order valence-electron chi connectivity index (χ4n) is 1.97. The van der Waals surface area contributed by atoms with E-state index < -0.39 is 11.4 Å². The van der Waals surface area contributed by atoms with Crippen molar-refractivity contribution >= 4 is 0 Å². The third-order valence-electron chi connectivity index (χ3n) is 2.97. The predicted octanol–water partition coefficient (Wildman–Crippen LogP) is 1.60. The van der Waals surface area contributed by atoms with Gasteiger partial charge in [0.15, 0.2) is 0 Å². The number of halogens is 1. The van der Waals surface area contributed by atoms with Crippen molar-refractivity contribution in [1.82, 2.24) is 15.0 Å². The van der Waals surface area contributed by atoms with Crippen LogP contribution in [-0.2, 0) is 12.6 Å². The minimum atomic E-state index is -1.40. The Labute approximate surface area is 98.7 Å². The number of aliphatic hydroxyl groups is 1. The molecular formula is C12H14FN3O. The van der Waals surface area contributed by atoms with E-state index >= 15 is 0 Å². The van der Waals surface area contributed by atoms with Crippen LogP contribution in [0.1, 0.15) is 24.6 Å². The summed E-state index contributed by atoms with van der Waals surface area (Å²) in [5.41, 5.74) is -0.679. The van der Waals surface area contributed by atoms with Crippen LogP contribution in [-0.4, -0.2) is 20.1 Å². The Morgan fingerprint density at radius 3 is 2.65 bits per heavy atom. The van der Waals surface area contributed by atoms with E-state index in [0.29, 0.717) is 12.1 Å². The first-order chi connectivity index (χ1) is 8.09. The molecule has 1 aromatic heterocycles. The van der Waals surface area contributed by atoms with Gasteiger partial charge in [0.05, 0.1) is 11.9 Å². The van der Waals surface area contributed by atoms with Gasteiger partial charge >= 0.3 is 0 Å². The normalized spacial score (nSPS) is 14.6. The van der Waals surface area contributed by atoms with Crippen LogP contribution >= 0.6 is 0 Å². The van der Waals surface area contributed by atoms with Crippen molar-refractivity contribution in [3.8, 4) is 0 Å². The molecule has 1 aromatic carbocycles. The van der Waals surface area contributed by atoms with Crippen LogP contribution in [0.2, 0.25) is 0 Å². The highest BCUT2D eigenvalue weighted by atomic mass is 19.1. The van der Waals surface area contributed by atoms with Crippen LogP contribution < -0.4 is 0 Å². The zero-order valence-corrected chi connectivity index (χ0v) is 9.76. The average molecular weight is 235 g/mol. The van der Waals surface area contributed by atoms with E-state index in [1.807, 2.05) is 0 Å². The van der Waals surface area contributed by atoms with E-state index in [0.717, 1.165) is 0 Å². The first-order valence-electron chi connectivity index (χ1n) is 5.42. The van der Waals surface area contributed by atoms with Crippen molar-refractivity contribution in [2.45, 2.75) is 18.9 Å². The lowest BCUT2D eigenvalue weighted by molar-refractivity contribution is 0.0639. The molecule has 0 aliphatic carbocycles. The topological polar surface area (TPSA) is 50.9 Å². The number of benzene rings is 1. The standard InChI is InChI=1S/C12H14FN3O/c1-3-12(17,11-8-14-15-16(11)2)9-6-4-5-7-10(9)13/h4-8,17H,3H2,1-2H3. The molecule has 2 rings (SSSR count). The molecule has 1 heterocycles.